The maximum Gasteiger partial charge on any atom is 0.402 e. The van der Waals surface area contributed by atoms with E-state index in [1.807, 2.05) is 30.6 Å². The van der Waals surface area contributed by atoms with Crippen molar-refractivity contribution in [2.75, 3.05) is 0 Å². The Kier molecular flexibility index (Phi) is 10.6. The molecule has 0 saturated carbocycles. The van der Waals surface area contributed by atoms with Crippen LogP contribution in [0.1, 0.15) is 44.9 Å². The monoisotopic (exact) mass is 477 g/mol. The van der Waals surface area contributed by atoms with Gasteiger partial charge < -0.3 is 4.55 Å². The molecule has 0 amide bonds. The SMILES string of the molecule is O=S(=O)([O-])C(F)(F)C(F)(F)C(F)(F)CCCCCCCC(F)(F)F.c1cc[nH+]cc1. The number of aromatic nitrogens is 1. The lowest BCUT2D eigenvalue weighted by Gasteiger charge is -2.33. The summed E-state index contributed by atoms with van der Waals surface area (Å²) in [5, 5.41) is -6.49. The second-order valence-electron chi connectivity index (χ2n) is 6.21. The zero-order valence-corrected chi connectivity index (χ0v) is 16.2. The van der Waals surface area contributed by atoms with E-state index in [1.165, 1.54) is 0 Å². The highest BCUT2D eigenvalue weighted by molar-refractivity contribution is 7.86. The Morgan fingerprint density at radius 2 is 1.13 bits per heavy atom. The number of hydrogen-bond donors (Lipinski definition) is 0. The van der Waals surface area contributed by atoms with Crippen LogP contribution < -0.4 is 4.98 Å². The molecule has 1 N–H and O–H groups in total. The van der Waals surface area contributed by atoms with Gasteiger partial charge in [-0.1, -0.05) is 25.3 Å². The van der Waals surface area contributed by atoms with E-state index in [0.717, 1.165) is 0 Å². The summed E-state index contributed by atoms with van der Waals surface area (Å²) in [4.78, 5) is 2.89. The largest absolute Gasteiger partial charge is 0.743 e. The summed E-state index contributed by atoms with van der Waals surface area (Å²) >= 11 is 0. The third-order valence-corrected chi connectivity index (χ3v) is 4.58. The van der Waals surface area contributed by atoms with Gasteiger partial charge in [0.25, 0.3) is 0 Å². The topological polar surface area (TPSA) is 71.3 Å². The molecule has 4 nitrogen and oxygen atoms in total. The smallest absolute Gasteiger partial charge is 0.402 e. The molecule has 0 bridgehead atoms. The minimum Gasteiger partial charge on any atom is -0.743 e. The Hall–Kier alpha value is -1.57. The summed E-state index contributed by atoms with van der Waals surface area (Å²) in [6, 6.07) is 5.86. The number of rotatable bonds is 10. The average Bonchev–Trinajstić information content (AvgIpc) is 2.60. The minimum absolute atomic E-state index is 0.0338. The van der Waals surface area contributed by atoms with E-state index in [9.17, 15) is 52.5 Å². The predicted octanol–water partition coefficient (Wildman–Crippen LogP) is 5.19. The maximum atomic E-state index is 13.2. The van der Waals surface area contributed by atoms with Gasteiger partial charge in [-0.25, -0.2) is 13.4 Å². The lowest BCUT2D eigenvalue weighted by Crippen LogP contribution is -2.57. The fourth-order valence-electron chi connectivity index (χ4n) is 2.07. The van der Waals surface area contributed by atoms with Crippen LogP contribution in [0.15, 0.2) is 30.6 Å². The zero-order valence-electron chi connectivity index (χ0n) is 15.4. The van der Waals surface area contributed by atoms with Gasteiger partial charge in [0.2, 0.25) is 0 Å². The molecule has 0 saturated heterocycles. The molecular weight excluding hydrogens is 457 g/mol. The Morgan fingerprint density at radius 3 is 1.47 bits per heavy atom. The molecule has 0 spiro atoms. The highest BCUT2D eigenvalue weighted by atomic mass is 32.2. The van der Waals surface area contributed by atoms with E-state index in [-0.39, 0.29) is 25.7 Å². The first-order valence-corrected chi connectivity index (χ1v) is 9.93. The van der Waals surface area contributed by atoms with Crippen LogP contribution in [-0.2, 0) is 10.1 Å². The van der Waals surface area contributed by atoms with Crippen molar-refractivity contribution in [3.63, 3.8) is 0 Å². The number of alkyl halides is 9. The van der Waals surface area contributed by atoms with Crippen LogP contribution in [0, 0.1) is 0 Å². The van der Waals surface area contributed by atoms with Crippen molar-refractivity contribution in [2.24, 2.45) is 0 Å². The van der Waals surface area contributed by atoms with E-state index < -0.39 is 52.7 Å². The average molecular weight is 477 g/mol. The van der Waals surface area contributed by atoms with Crippen LogP contribution in [0.2, 0.25) is 0 Å². The number of unbranched alkanes of at least 4 members (excludes halogenated alkanes) is 4. The molecule has 176 valence electrons. The van der Waals surface area contributed by atoms with Crippen LogP contribution in [0.4, 0.5) is 39.5 Å². The number of hydrogen-bond acceptors (Lipinski definition) is 3. The third-order valence-electron chi connectivity index (χ3n) is 3.70. The lowest BCUT2D eigenvalue weighted by atomic mass is 10.0. The van der Waals surface area contributed by atoms with Gasteiger partial charge in [0.05, 0.1) is 0 Å². The van der Waals surface area contributed by atoms with Crippen molar-refractivity contribution in [2.45, 2.75) is 68.2 Å². The van der Waals surface area contributed by atoms with Gasteiger partial charge in [0.15, 0.2) is 22.5 Å². The molecule has 1 aromatic heterocycles. The quantitative estimate of drug-likeness (QED) is 0.265. The molecule has 0 aromatic carbocycles. The molecule has 0 aliphatic carbocycles. The molecule has 0 unspecified atom stereocenters. The van der Waals surface area contributed by atoms with E-state index in [2.05, 4.69) is 4.98 Å². The summed E-state index contributed by atoms with van der Waals surface area (Å²) in [7, 11) is -7.02. The first-order chi connectivity index (χ1) is 13.5. The summed E-state index contributed by atoms with van der Waals surface area (Å²) < 4.78 is 144. The number of pyridine rings is 1. The van der Waals surface area contributed by atoms with Gasteiger partial charge in [0, 0.05) is 25.0 Å². The van der Waals surface area contributed by atoms with Crippen LogP contribution in [-0.4, -0.2) is 36.2 Å². The molecule has 30 heavy (non-hydrogen) atoms. The van der Waals surface area contributed by atoms with E-state index >= 15 is 0 Å². The fraction of sp³-hybridized carbons (Fsp3) is 0.688. The molecule has 0 fully saturated rings. The van der Waals surface area contributed by atoms with Crippen molar-refractivity contribution < 1.29 is 57.5 Å². The molecule has 0 aliphatic rings. The highest BCUT2D eigenvalue weighted by Gasteiger charge is 2.74. The Bertz CT molecular complexity index is 684. The summed E-state index contributed by atoms with van der Waals surface area (Å²) in [6.45, 7) is 0. The van der Waals surface area contributed by atoms with E-state index in [0.29, 0.717) is 0 Å². The molecule has 1 aromatic rings. The van der Waals surface area contributed by atoms with Gasteiger partial charge in [-0.15, -0.1) is 0 Å². The van der Waals surface area contributed by atoms with Gasteiger partial charge in [-0.05, 0) is 12.8 Å². The van der Waals surface area contributed by atoms with Crippen molar-refractivity contribution in [3.05, 3.63) is 30.6 Å². The van der Waals surface area contributed by atoms with Gasteiger partial charge >= 0.3 is 23.3 Å². The minimum atomic E-state index is -7.02. The Morgan fingerprint density at radius 1 is 0.700 bits per heavy atom. The molecule has 1 rings (SSSR count). The van der Waals surface area contributed by atoms with Crippen molar-refractivity contribution in [1.82, 2.24) is 0 Å². The Labute approximate surface area is 167 Å². The first-order valence-electron chi connectivity index (χ1n) is 8.52. The number of aromatic amines is 1. The second-order valence-corrected chi connectivity index (χ2v) is 7.63. The summed E-state index contributed by atoms with van der Waals surface area (Å²) in [5.41, 5.74) is 0. The standard InChI is InChI=1S/C11H15F9O3S.C5H5N/c12-8(13,10(17,18)11(19,20)24(21,22)23)6-4-2-1-3-5-7-9(14,15)16;1-2-4-6-5-3-1/h1-7H2,(H,21,22,23);1-5H. The first kappa shape index (κ1) is 28.4. The molecule has 0 atom stereocenters. The van der Waals surface area contributed by atoms with E-state index in [1.54, 1.807) is 0 Å². The van der Waals surface area contributed by atoms with Gasteiger partial charge in [-0.3, -0.25) is 0 Å². The lowest BCUT2D eigenvalue weighted by molar-refractivity contribution is -0.377. The molecule has 0 aliphatic heterocycles. The molecule has 1 heterocycles. The van der Waals surface area contributed by atoms with Crippen molar-refractivity contribution in [1.29, 1.82) is 0 Å². The zero-order chi connectivity index (χ0) is 23.7. The van der Waals surface area contributed by atoms with Crippen LogP contribution in [0.3, 0.4) is 0 Å². The Balaban J connectivity index is 0.00000118. The van der Waals surface area contributed by atoms with Gasteiger partial charge in [0.1, 0.15) is 0 Å². The van der Waals surface area contributed by atoms with Gasteiger partial charge in [-0.2, -0.15) is 39.5 Å². The normalized spacial score (nSPS) is 13.5. The van der Waals surface area contributed by atoms with Crippen LogP contribution in [0.25, 0.3) is 0 Å². The third kappa shape index (κ3) is 9.06. The highest BCUT2D eigenvalue weighted by Crippen LogP contribution is 2.50. The van der Waals surface area contributed by atoms with Crippen LogP contribution in [0.5, 0.6) is 0 Å². The van der Waals surface area contributed by atoms with E-state index in [4.69, 9.17) is 0 Å². The summed E-state index contributed by atoms with van der Waals surface area (Å²) in [5.74, 6) is -11.9. The summed E-state index contributed by atoms with van der Waals surface area (Å²) in [6.07, 6.45) is -4.96. The molecule has 0 radical (unpaired) electrons. The molecular formula is C16H20F9NO3S. The predicted molar refractivity (Wildman–Crippen MR) is 85.9 cm³/mol. The number of halogens is 9. The van der Waals surface area contributed by atoms with Crippen molar-refractivity contribution >= 4 is 10.1 Å². The maximum absolute atomic E-state index is 13.2. The van der Waals surface area contributed by atoms with Crippen molar-refractivity contribution in [3.8, 4) is 0 Å². The number of nitrogens with one attached hydrogen (secondary N) is 1. The van der Waals surface area contributed by atoms with Crippen LogP contribution >= 0.6 is 0 Å². The number of H-pyrrole nitrogens is 1. The molecule has 14 heteroatoms. The second kappa shape index (κ2) is 11.2. The fourth-order valence-corrected chi connectivity index (χ4v) is 2.53.